The number of carbonyl (C=O) groups excluding carboxylic acids is 1. The van der Waals surface area contributed by atoms with Gasteiger partial charge in [-0.1, -0.05) is 23.7 Å². The van der Waals surface area contributed by atoms with Crippen LogP contribution < -0.4 is 14.8 Å². The van der Waals surface area contributed by atoms with Crippen LogP contribution >= 0.6 is 11.6 Å². The van der Waals surface area contributed by atoms with Gasteiger partial charge in [0.2, 0.25) is 5.91 Å². The summed E-state index contributed by atoms with van der Waals surface area (Å²) in [6.07, 6.45) is 4.06. The fourth-order valence-electron chi connectivity index (χ4n) is 2.35. The quantitative estimate of drug-likeness (QED) is 0.837. The van der Waals surface area contributed by atoms with Gasteiger partial charge in [-0.15, -0.1) is 0 Å². The van der Waals surface area contributed by atoms with E-state index in [1.807, 2.05) is 37.3 Å². The molecule has 1 N–H and O–H groups in total. The highest BCUT2D eigenvalue weighted by Crippen LogP contribution is 2.30. The summed E-state index contributed by atoms with van der Waals surface area (Å²) in [5, 5.41) is 3.29. The minimum absolute atomic E-state index is 0.243. The third-order valence-electron chi connectivity index (χ3n) is 3.58. The lowest BCUT2D eigenvalue weighted by Gasteiger charge is -2.07. The summed E-state index contributed by atoms with van der Waals surface area (Å²) < 4.78 is 11.2. The second-order valence-electron chi connectivity index (χ2n) is 5.56. The first-order chi connectivity index (χ1) is 11.6. The van der Waals surface area contributed by atoms with Crippen molar-refractivity contribution in [3.63, 3.8) is 0 Å². The Morgan fingerprint density at radius 3 is 2.71 bits per heavy atom. The average Bonchev–Trinajstić information content (AvgIpc) is 2.80. The number of ether oxygens (including phenoxy) is 2. The van der Waals surface area contributed by atoms with Gasteiger partial charge in [-0.25, -0.2) is 0 Å². The monoisotopic (exact) mass is 343 g/mol. The molecule has 2 aromatic carbocycles. The van der Waals surface area contributed by atoms with Crippen molar-refractivity contribution in [2.45, 2.75) is 13.3 Å². The van der Waals surface area contributed by atoms with Crippen molar-refractivity contribution >= 4 is 29.3 Å². The Hall–Kier alpha value is -2.46. The van der Waals surface area contributed by atoms with Gasteiger partial charge in [0.15, 0.2) is 11.5 Å². The first kappa shape index (κ1) is 16.4. The molecule has 1 heterocycles. The van der Waals surface area contributed by atoms with Crippen LogP contribution in [0.5, 0.6) is 11.5 Å². The summed E-state index contributed by atoms with van der Waals surface area (Å²) in [6.45, 7) is 3.23. The molecule has 124 valence electrons. The number of rotatable bonds is 3. The van der Waals surface area contributed by atoms with E-state index in [1.165, 1.54) is 6.08 Å². The summed E-state index contributed by atoms with van der Waals surface area (Å²) in [7, 11) is 0. The molecular formula is C19H18ClNO3. The number of carbonyl (C=O) groups is 1. The molecule has 0 saturated heterocycles. The fraction of sp³-hybridized carbons (Fsp3) is 0.211. The number of halogens is 1. The van der Waals surface area contributed by atoms with Crippen LogP contribution in [0.2, 0.25) is 5.02 Å². The Labute approximate surface area is 146 Å². The molecule has 0 aliphatic carbocycles. The van der Waals surface area contributed by atoms with E-state index in [9.17, 15) is 4.79 Å². The summed E-state index contributed by atoms with van der Waals surface area (Å²) in [6, 6.07) is 11.1. The summed E-state index contributed by atoms with van der Waals surface area (Å²) in [4.78, 5) is 12.1. The van der Waals surface area contributed by atoms with Gasteiger partial charge in [0.25, 0.3) is 0 Å². The molecular weight excluding hydrogens is 326 g/mol. The van der Waals surface area contributed by atoms with Gasteiger partial charge in [0, 0.05) is 12.5 Å². The molecule has 2 aromatic rings. The van der Waals surface area contributed by atoms with Crippen LogP contribution in [0.3, 0.4) is 0 Å². The molecule has 0 atom stereocenters. The van der Waals surface area contributed by atoms with E-state index < -0.39 is 0 Å². The van der Waals surface area contributed by atoms with Crippen LogP contribution in [0.4, 0.5) is 5.69 Å². The average molecular weight is 344 g/mol. The molecule has 0 radical (unpaired) electrons. The third-order valence-corrected chi connectivity index (χ3v) is 3.89. The second-order valence-corrected chi connectivity index (χ2v) is 5.97. The van der Waals surface area contributed by atoms with Gasteiger partial charge in [-0.05, 0) is 48.4 Å². The molecule has 0 unspecified atom stereocenters. The summed E-state index contributed by atoms with van der Waals surface area (Å²) >= 11 is 6.12. The van der Waals surface area contributed by atoms with E-state index in [0.717, 1.165) is 23.3 Å². The molecule has 5 heteroatoms. The van der Waals surface area contributed by atoms with Gasteiger partial charge in [-0.2, -0.15) is 0 Å². The van der Waals surface area contributed by atoms with Gasteiger partial charge in [-0.3, -0.25) is 4.79 Å². The van der Waals surface area contributed by atoms with Gasteiger partial charge in [0.05, 0.1) is 23.9 Å². The van der Waals surface area contributed by atoms with Crippen LogP contribution in [0.1, 0.15) is 17.5 Å². The summed E-state index contributed by atoms with van der Waals surface area (Å²) in [5.74, 6) is 1.20. The third kappa shape index (κ3) is 4.09. The van der Waals surface area contributed by atoms with Crippen LogP contribution in [-0.2, 0) is 4.79 Å². The molecule has 0 saturated carbocycles. The number of benzene rings is 2. The van der Waals surface area contributed by atoms with Crippen molar-refractivity contribution in [2.75, 3.05) is 18.5 Å². The highest BCUT2D eigenvalue weighted by atomic mass is 35.5. The predicted molar refractivity (Wildman–Crippen MR) is 95.9 cm³/mol. The van der Waals surface area contributed by atoms with Crippen molar-refractivity contribution in [1.29, 1.82) is 0 Å². The fourth-order valence-corrected chi connectivity index (χ4v) is 2.63. The molecule has 1 aliphatic rings. The lowest BCUT2D eigenvalue weighted by atomic mass is 10.2. The summed E-state index contributed by atoms with van der Waals surface area (Å²) in [5.41, 5.74) is 2.50. The normalized spacial score (nSPS) is 13.6. The number of aryl methyl sites for hydroxylation is 1. The minimum Gasteiger partial charge on any atom is -0.490 e. The van der Waals surface area contributed by atoms with E-state index in [0.29, 0.717) is 29.7 Å². The van der Waals surface area contributed by atoms with E-state index in [1.54, 1.807) is 12.1 Å². The number of hydrogen-bond acceptors (Lipinski definition) is 3. The topological polar surface area (TPSA) is 47.6 Å². The molecule has 4 nitrogen and oxygen atoms in total. The number of amides is 1. The molecule has 3 rings (SSSR count). The maximum absolute atomic E-state index is 12.1. The van der Waals surface area contributed by atoms with Gasteiger partial charge >= 0.3 is 0 Å². The molecule has 0 spiro atoms. The maximum Gasteiger partial charge on any atom is 0.248 e. The number of nitrogens with one attached hydrogen (secondary N) is 1. The van der Waals surface area contributed by atoms with Gasteiger partial charge < -0.3 is 14.8 Å². The Kier molecular flexibility index (Phi) is 5.06. The molecule has 0 bridgehead atoms. The second kappa shape index (κ2) is 7.41. The minimum atomic E-state index is -0.243. The highest BCUT2D eigenvalue weighted by Gasteiger charge is 2.10. The van der Waals surface area contributed by atoms with Crippen LogP contribution in [0.25, 0.3) is 6.08 Å². The van der Waals surface area contributed by atoms with E-state index in [-0.39, 0.29) is 5.91 Å². The number of fused-ring (bicyclic) bond motifs is 1. The molecule has 1 amide bonds. The van der Waals surface area contributed by atoms with Crippen molar-refractivity contribution in [3.8, 4) is 11.5 Å². The first-order valence-corrected chi connectivity index (χ1v) is 8.14. The first-order valence-electron chi connectivity index (χ1n) is 7.77. The number of hydrogen-bond donors (Lipinski definition) is 1. The largest absolute Gasteiger partial charge is 0.490 e. The standard InChI is InChI=1S/C19H18ClNO3/c1-13-3-6-16(15(20)11-13)21-19(22)8-5-14-4-7-17-18(12-14)24-10-2-9-23-17/h3-8,11-12H,2,9-10H2,1H3,(H,21,22)/b8-5+. The van der Waals surface area contributed by atoms with Crippen LogP contribution in [0, 0.1) is 6.92 Å². The lowest BCUT2D eigenvalue weighted by molar-refractivity contribution is -0.111. The Morgan fingerprint density at radius 1 is 1.12 bits per heavy atom. The van der Waals surface area contributed by atoms with Crippen molar-refractivity contribution in [2.24, 2.45) is 0 Å². The maximum atomic E-state index is 12.1. The zero-order chi connectivity index (χ0) is 16.9. The molecule has 24 heavy (non-hydrogen) atoms. The predicted octanol–water partition coefficient (Wildman–Crippen LogP) is 4.46. The highest BCUT2D eigenvalue weighted by molar-refractivity contribution is 6.33. The number of anilines is 1. The Bertz CT molecular complexity index is 786. The van der Waals surface area contributed by atoms with E-state index in [2.05, 4.69) is 5.32 Å². The Morgan fingerprint density at radius 2 is 1.92 bits per heavy atom. The Balaban J connectivity index is 1.69. The molecule has 1 aliphatic heterocycles. The van der Waals surface area contributed by atoms with Crippen LogP contribution in [0.15, 0.2) is 42.5 Å². The zero-order valence-corrected chi connectivity index (χ0v) is 14.1. The SMILES string of the molecule is Cc1ccc(NC(=O)/C=C/c2ccc3c(c2)OCCCO3)c(Cl)c1. The molecule has 0 fully saturated rings. The molecule has 0 aromatic heterocycles. The van der Waals surface area contributed by atoms with Crippen molar-refractivity contribution < 1.29 is 14.3 Å². The van der Waals surface area contributed by atoms with Gasteiger partial charge in [0.1, 0.15) is 0 Å². The van der Waals surface area contributed by atoms with E-state index >= 15 is 0 Å². The lowest BCUT2D eigenvalue weighted by Crippen LogP contribution is -2.08. The van der Waals surface area contributed by atoms with E-state index in [4.69, 9.17) is 21.1 Å². The van der Waals surface area contributed by atoms with Crippen LogP contribution in [-0.4, -0.2) is 19.1 Å². The van der Waals surface area contributed by atoms with Crippen molar-refractivity contribution in [1.82, 2.24) is 0 Å². The smallest absolute Gasteiger partial charge is 0.248 e. The zero-order valence-electron chi connectivity index (χ0n) is 13.3. The van der Waals surface area contributed by atoms with Crippen molar-refractivity contribution in [3.05, 3.63) is 58.6 Å².